The summed E-state index contributed by atoms with van der Waals surface area (Å²) in [4.78, 5) is 11.0. The molecule has 0 bridgehead atoms. The fourth-order valence-corrected chi connectivity index (χ4v) is 3.28. The Morgan fingerprint density at radius 3 is 2.91 bits per heavy atom. The smallest absolute Gasteiger partial charge is 0.134 e. The third-order valence-electron chi connectivity index (χ3n) is 4.44. The van der Waals surface area contributed by atoms with Gasteiger partial charge in [0, 0.05) is 19.2 Å². The number of nitrogens with zero attached hydrogens (tertiary/aromatic N) is 3. The number of fused-ring (bicyclic) bond motifs is 1. The molecule has 1 atom stereocenters. The first-order valence-corrected chi connectivity index (χ1v) is 7.89. The number of nitrogens with one attached hydrogen (secondary N) is 1. The predicted octanol–water partition coefficient (Wildman–Crippen LogP) is 2.41. The molecule has 0 saturated carbocycles. The molecular weight excluding hydrogens is 276 g/mol. The highest BCUT2D eigenvalue weighted by atomic mass is 16.5. The first kappa shape index (κ1) is 13.5. The van der Waals surface area contributed by atoms with E-state index in [4.69, 9.17) is 4.74 Å². The molecule has 2 aromatic rings. The molecule has 1 aromatic carbocycles. The summed E-state index contributed by atoms with van der Waals surface area (Å²) in [5.74, 6) is 1.88. The van der Waals surface area contributed by atoms with E-state index in [1.54, 1.807) is 6.33 Å². The van der Waals surface area contributed by atoms with E-state index in [1.807, 2.05) is 6.07 Å². The average Bonchev–Trinajstić information content (AvgIpc) is 2.99. The topological polar surface area (TPSA) is 50.3 Å². The fraction of sp³-hybridized carbons (Fsp3) is 0.412. The maximum atomic E-state index is 5.40. The van der Waals surface area contributed by atoms with Crippen molar-refractivity contribution in [3.05, 3.63) is 47.8 Å². The Kier molecular flexibility index (Phi) is 3.64. The second-order valence-corrected chi connectivity index (χ2v) is 5.80. The molecule has 0 unspecified atom stereocenters. The maximum Gasteiger partial charge on any atom is 0.134 e. The van der Waals surface area contributed by atoms with Gasteiger partial charge in [0.1, 0.15) is 18.0 Å². The molecule has 0 spiro atoms. The Labute approximate surface area is 130 Å². The molecule has 1 saturated heterocycles. The minimum Gasteiger partial charge on any atom is -0.378 e. The molecule has 1 fully saturated rings. The summed E-state index contributed by atoms with van der Waals surface area (Å²) in [6.45, 7) is 3.32. The van der Waals surface area contributed by atoms with Crippen LogP contribution in [0.5, 0.6) is 0 Å². The zero-order valence-electron chi connectivity index (χ0n) is 12.5. The molecule has 22 heavy (non-hydrogen) atoms. The number of ether oxygens (including phenoxy) is 1. The summed E-state index contributed by atoms with van der Waals surface area (Å²) >= 11 is 0. The van der Waals surface area contributed by atoms with Gasteiger partial charge in [-0.15, -0.1) is 0 Å². The van der Waals surface area contributed by atoms with Gasteiger partial charge in [-0.3, -0.25) is 0 Å². The van der Waals surface area contributed by atoms with Gasteiger partial charge in [0.15, 0.2) is 0 Å². The molecule has 114 valence electrons. The zero-order chi connectivity index (χ0) is 14.8. The molecule has 4 rings (SSSR count). The standard InChI is InChI=1S/C17H20N4O/c1-2-4-14-13(3-1)5-6-15(14)20-16-11-17(19-12-18-16)21-7-9-22-10-8-21/h1-4,11-12,15H,5-10H2,(H,18,19,20)/t15-/m0/s1. The van der Waals surface area contributed by atoms with Gasteiger partial charge in [0.2, 0.25) is 0 Å². The van der Waals surface area contributed by atoms with E-state index >= 15 is 0 Å². The van der Waals surface area contributed by atoms with Gasteiger partial charge in [-0.1, -0.05) is 24.3 Å². The molecule has 1 N–H and O–H groups in total. The van der Waals surface area contributed by atoms with Gasteiger partial charge in [-0.2, -0.15) is 0 Å². The van der Waals surface area contributed by atoms with Crippen molar-refractivity contribution >= 4 is 11.6 Å². The summed E-state index contributed by atoms with van der Waals surface area (Å²) < 4.78 is 5.40. The summed E-state index contributed by atoms with van der Waals surface area (Å²) in [6, 6.07) is 11.1. The zero-order valence-corrected chi connectivity index (χ0v) is 12.5. The van der Waals surface area contributed by atoms with Gasteiger partial charge < -0.3 is 15.0 Å². The molecular formula is C17H20N4O. The number of hydrogen-bond donors (Lipinski definition) is 1. The van der Waals surface area contributed by atoms with Crippen LogP contribution >= 0.6 is 0 Å². The highest BCUT2D eigenvalue weighted by Crippen LogP contribution is 2.33. The van der Waals surface area contributed by atoms with Gasteiger partial charge in [-0.25, -0.2) is 9.97 Å². The molecule has 1 aliphatic carbocycles. The van der Waals surface area contributed by atoms with Crippen LogP contribution in [-0.2, 0) is 11.2 Å². The van der Waals surface area contributed by atoms with Gasteiger partial charge in [0.25, 0.3) is 0 Å². The molecule has 0 amide bonds. The lowest BCUT2D eigenvalue weighted by atomic mass is 10.1. The van der Waals surface area contributed by atoms with E-state index in [0.717, 1.165) is 50.8 Å². The lowest BCUT2D eigenvalue weighted by Crippen LogP contribution is -2.36. The molecule has 2 heterocycles. The van der Waals surface area contributed by atoms with Crippen molar-refractivity contribution in [1.82, 2.24) is 9.97 Å². The lowest BCUT2D eigenvalue weighted by molar-refractivity contribution is 0.122. The highest BCUT2D eigenvalue weighted by Gasteiger charge is 2.22. The van der Waals surface area contributed by atoms with Crippen LogP contribution in [0.1, 0.15) is 23.6 Å². The number of benzene rings is 1. The Morgan fingerprint density at radius 1 is 1.14 bits per heavy atom. The summed E-state index contributed by atoms with van der Waals surface area (Å²) in [7, 11) is 0. The van der Waals surface area contributed by atoms with Crippen molar-refractivity contribution in [2.45, 2.75) is 18.9 Å². The Morgan fingerprint density at radius 2 is 2.00 bits per heavy atom. The number of morpholine rings is 1. The fourth-order valence-electron chi connectivity index (χ4n) is 3.28. The molecule has 1 aromatic heterocycles. The second-order valence-electron chi connectivity index (χ2n) is 5.80. The van der Waals surface area contributed by atoms with Crippen molar-refractivity contribution in [1.29, 1.82) is 0 Å². The lowest BCUT2D eigenvalue weighted by Gasteiger charge is -2.28. The van der Waals surface area contributed by atoms with Gasteiger partial charge in [-0.05, 0) is 24.0 Å². The largest absolute Gasteiger partial charge is 0.378 e. The average molecular weight is 296 g/mol. The first-order valence-electron chi connectivity index (χ1n) is 7.89. The molecule has 5 heteroatoms. The first-order chi connectivity index (χ1) is 10.9. The maximum absolute atomic E-state index is 5.40. The minimum atomic E-state index is 0.351. The van der Waals surface area contributed by atoms with Gasteiger partial charge >= 0.3 is 0 Å². The second kappa shape index (κ2) is 5.93. The van der Waals surface area contributed by atoms with Crippen molar-refractivity contribution in [3.63, 3.8) is 0 Å². The van der Waals surface area contributed by atoms with Crippen LogP contribution in [0.25, 0.3) is 0 Å². The van der Waals surface area contributed by atoms with E-state index in [2.05, 4.69) is 44.5 Å². The Bertz CT molecular complexity index is 655. The molecule has 0 radical (unpaired) electrons. The number of hydrogen-bond acceptors (Lipinski definition) is 5. The van der Waals surface area contributed by atoms with Crippen LogP contribution < -0.4 is 10.2 Å². The van der Waals surface area contributed by atoms with Crippen molar-refractivity contribution in [2.24, 2.45) is 0 Å². The van der Waals surface area contributed by atoms with Crippen LogP contribution in [0.15, 0.2) is 36.7 Å². The third-order valence-corrected chi connectivity index (χ3v) is 4.44. The summed E-state index contributed by atoms with van der Waals surface area (Å²) in [5, 5.41) is 3.57. The van der Waals surface area contributed by atoms with E-state index in [0.29, 0.717) is 6.04 Å². The molecule has 1 aliphatic heterocycles. The van der Waals surface area contributed by atoms with Crippen LogP contribution in [0.3, 0.4) is 0 Å². The molecule has 2 aliphatic rings. The Balaban J connectivity index is 1.52. The normalized spacial score (nSPS) is 20.7. The van der Waals surface area contributed by atoms with E-state index in [-0.39, 0.29) is 0 Å². The third kappa shape index (κ3) is 2.64. The summed E-state index contributed by atoms with van der Waals surface area (Å²) in [6.07, 6.45) is 3.90. The number of rotatable bonds is 3. The SMILES string of the molecule is c1ccc2c(c1)CC[C@@H]2Nc1cc(N2CCOCC2)ncn1. The minimum absolute atomic E-state index is 0.351. The van der Waals surface area contributed by atoms with Crippen LogP contribution in [0.2, 0.25) is 0 Å². The summed E-state index contributed by atoms with van der Waals surface area (Å²) in [5.41, 5.74) is 2.84. The van der Waals surface area contributed by atoms with Crippen molar-refractivity contribution in [2.75, 3.05) is 36.5 Å². The monoisotopic (exact) mass is 296 g/mol. The quantitative estimate of drug-likeness (QED) is 0.942. The van der Waals surface area contributed by atoms with Crippen molar-refractivity contribution in [3.8, 4) is 0 Å². The van der Waals surface area contributed by atoms with E-state index in [9.17, 15) is 0 Å². The van der Waals surface area contributed by atoms with Crippen LogP contribution in [0, 0.1) is 0 Å². The van der Waals surface area contributed by atoms with Gasteiger partial charge in [0.05, 0.1) is 19.3 Å². The Hall–Kier alpha value is -2.14. The van der Waals surface area contributed by atoms with E-state index < -0.39 is 0 Å². The number of aromatic nitrogens is 2. The highest BCUT2D eigenvalue weighted by molar-refractivity contribution is 5.51. The number of anilines is 2. The van der Waals surface area contributed by atoms with Crippen LogP contribution in [-0.4, -0.2) is 36.3 Å². The predicted molar refractivity (Wildman–Crippen MR) is 86.2 cm³/mol. The van der Waals surface area contributed by atoms with E-state index in [1.165, 1.54) is 11.1 Å². The van der Waals surface area contributed by atoms with Crippen LogP contribution in [0.4, 0.5) is 11.6 Å². The number of aryl methyl sites for hydroxylation is 1. The molecule has 5 nitrogen and oxygen atoms in total. The van der Waals surface area contributed by atoms with Crippen molar-refractivity contribution < 1.29 is 4.74 Å².